The van der Waals surface area contributed by atoms with Gasteiger partial charge in [0.25, 0.3) is 0 Å². The van der Waals surface area contributed by atoms with Gasteiger partial charge in [0.1, 0.15) is 0 Å². The molecule has 15 heavy (non-hydrogen) atoms. The number of benzene rings is 1. The number of carbonyl (C=O) groups excluding carboxylic acids is 1. The van der Waals surface area contributed by atoms with Gasteiger partial charge in [-0.3, -0.25) is 4.79 Å². The number of hydrogen-bond acceptors (Lipinski definition) is 2. The molecule has 1 aromatic rings. The van der Waals surface area contributed by atoms with Crippen LogP contribution >= 0.6 is 0 Å². The lowest BCUT2D eigenvalue weighted by Gasteiger charge is -2.08. The fraction of sp³-hybridized carbons (Fsp3) is 0.300. The summed E-state index contributed by atoms with van der Waals surface area (Å²) in [5.41, 5.74) is 5.15. The van der Waals surface area contributed by atoms with E-state index in [0.717, 1.165) is 12.1 Å². The highest BCUT2D eigenvalue weighted by atomic mass is 19.4. The molecule has 0 bridgehead atoms. The van der Waals surface area contributed by atoms with E-state index in [1.807, 2.05) is 0 Å². The largest absolute Gasteiger partial charge is 0.416 e. The first-order valence-corrected chi connectivity index (χ1v) is 4.23. The lowest BCUT2D eigenvalue weighted by atomic mass is 10.1. The Morgan fingerprint density at radius 1 is 1.27 bits per heavy atom. The van der Waals surface area contributed by atoms with Crippen molar-refractivity contribution in [2.24, 2.45) is 5.73 Å². The van der Waals surface area contributed by atoms with Crippen LogP contribution in [0.4, 0.5) is 13.2 Å². The van der Waals surface area contributed by atoms with Gasteiger partial charge in [0.15, 0.2) is 0 Å². The van der Waals surface area contributed by atoms with Crippen molar-refractivity contribution in [3.8, 4) is 0 Å². The maximum atomic E-state index is 12.2. The summed E-state index contributed by atoms with van der Waals surface area (Å²) >= 11 is 0. The first kappa shape index (κ1) is 11.7. The molecule has 0 aliphatic rings. The summed E-state index contributed by atoms with van der Waals surface area (Å²) in [6.07, 6.45) is -2.58. The van der Waals surface area contributed by atoms with Crippen LogP contribution in [0.2, 0.25) is 0 Å². The summed E-state index contributed by atoms with van der Waals surface area (Å²) in [6.45, 7) is 0. The van der Waals surface area contributed by atoms with Crippen LogP contribution in [0.3, 0.4) is 0 Å². The fourth-order valence-electron chi connectivity index (χ4n) is 1.13. The van der Waals surface area contributed by atoms with Crippen molar-refractivity contribution in [1.29, 1.82) is 0 Å². The summed E-state index contributed by atoms with van der Waals surface area (Å²) < 4.78 is 36.5. The van der Waals surface area contributed by atoms with Crippen molar-refractivity contribution in [3.63, 3.8) is 0 Å². The molecule has 0 spiro atoms. The molecule has 2 N–H and O–H groups in total. The van der Waals surface area contributed by atoms with Crippen LogP contribution in [-0.2, 0) is 17.4 Å². The fourth-order valence-corrected chi connectivity index (χ4v) is 1.13. The third-order valence-electron chi connectivity index (χ3n) is 1.89. The van der Waals surface area contributed by atoms with Crippen molar-refractivity contribution in [2.75, 3.05) is 0 Å². The molecule has 0 aromatic heterocycles. The van der Waals surface area contributed by atoms with Gasteiger partial charge < -0.3 is 5.73 Å². The number of rotatable bonds is 3. The summed E-state index contributed by atoms with van der Waals surface area (Å²) in [6, 6.07) is 3.75. The van der Waals surface area contributed by atoms with Crippen molar-refractivity contribution in [2.45, 2.75) is 18.6 Å². The first-order chi connectivity index (χ1) is 6.93. The third-order valence-corrected chi connectivity index (χ3v) is 1.89. The van der Waals surface area contributed by atoms with E-state index >= 15 is 0 Å². The zero-order valence-corrected chi connectivity index (χ0v) is 7.71. The molecule has 5 heteroatoms. The number of nitrogens with two attached hydrogens (primary N) is 1. The van der Waals surface area contributed by atoms with Crippen molar-refractivity contribution < 1.29 is 18.0 Å². The molecule has 0 amide bonds. The van der Waals surface area contributed by atoms with Gasteiger partial charge in [-0.2, -0.15) is 13.2 Å². The van der Waals surface area contributed by atoms with E-state index < -0.39 is 17.8 Å². The van der Waals surface area contributed by atoms with Crippen LogP contribution in [0.5, 0.6) is 0 Å². The minimum absolute atomic E-state index is 0.196. The number of hydrogen-bond donors (Lipinski definition) is 1. The van der Waals surface area contributed by atoms with Gasteiger partial charge in [-0.05, 0) is 24.1 Å². The molecule has 2 nitrogen and oxygen atoms in total. The summed E-state index contributed by atoms with van der Waals surface area (Å²) in [7, 11) is 0. The molecule has 1 atom stereocenters. The van der Waals surface area contributed by atoms with Gasteiger partial charge in [-0.1, -0.05) is 12.1 Å². The highest BCUT2D eigenvalue weighted by molar-refractivity contribution is 5.58. The summed E-state index contributed by atoms with van der Waals surface area (Å²) in [5, 5.41) is 0. The van der Waals surface area contributed by atoms with Gasteiger partial charge in [-0.15, -0.1) is 0 Å². The molecule has 0 saturated carbocycles. The lowest BCUT2D eigenvalue weighted by molar-refractivity contribution is -0.137. The van der Waals surface area contributed by atoms with Crippen LogP contribution in [0, 0.1) is 0 Å². The maximum Gasteiger partial charge on any atom is 0.416 e. The van der Waals surface area contributed by atoms with Crippen molar-refractivity contribution in [3.05, 3.63) is 35.4 Å². The second kappa shape index (κ2) is 4.44. The summed E-state index contributed by atoms with van der Waals surface area (Å²) in [4.78, 5) is 10.1. The third kappa shape index (κ3) is 3.36. The molecule has 0 fully saturated rings. The molecule has 1 aromatic carbocycles. The lowest BCUT2D eigenvalue weighted by Crippen LogP contribution is -2.24. The van der Waals surface area contributed by atoms with Gasteiger partial charge >= 0.3 is 6.18 Å². The Balaban J connectivity index is 2.77. The Hall–Kier alpha value is -1.36. The van der Waals surface area contributed by atoms with E-state index in [2.05, 4.69) is 0 Å². The smallest absolute Gasteiger partial charge is 0.321 e. The van der Waals surface area contributed by atoms with E-state index in [0.29, 0.717) is 5.56 Å². The van der Waals surface area contributed by atoms with E-state index in [1.165, 1.54) is 12.1 Å². The van der Waals surface area contributed by atoms with E-state index in [-0.39, 0.29) is 6.42 Å². The molecular weight excluding hydrogens is 207 g/mol. The second-order valence-electron chi connectivity index (χ2n) is 3.12. The van der Waals surface area contributed by atoms with Crippen molar-refractivity contribution in [1.82, 2.24) is 0 Å². The van der Waals surface area contributed by atoms with E-state index in [1.54, 1.807) is 6.29 Å². The van der Waals surface area contributed by atoms with Crippen LogP contribution in [0.15, 0.2) is 24.3 Å². The van der Waals surface area contributed by atoms with Crippen LogP contribution < -0.4 is 5.73 Å². The molecule has 0 saturated heterocycles. The molecule has 1 rings (SSSR count). The average Bonchev–Trinajstić information content (AvgIpc) is 2.17. The van der Waals surface area contributed by atoms with E-state index in [9.17, 15) is 18.0 Å². The van der Waals surface area contributed by atoms with Gasteiger partial charge in [0.05, 0.1) is 11.6 Å². The van der Waals surface area contributed by atoms with Crippen LogP contribution in [-0.4, -0.2) is 12.3 Å². The minimum Gasteiger partial charge on any atom is -0.321 e. The second-order valence-corrected chi connectivity index (χ2v) is 3.12. The Bertz CT molecular complexity index is 332. The molecule has 0 aliphatic heterocycles. The van der Waals surface area contributed by atoms with Gasteiger partial charge in [0, 0.05) is 0 Å². The van der Waals surface area contributed by atoms with E-state index in [4.69, 9.17) is 5.73 Å². The average molecular weight is 216 g/mol. The standard InChI is InChI=1S/C10H9F3NO/c11-10(12,13)8-3-1-7(2-4-8)5-9(14)6-15/h1-4,9H,5,14H2/t9-/m0/s1. The Morgan fingerprint density at radius 2 is 1.80 bits per heavy atom. The number of halogens is 3. The monoisotopic (exact) mass is 216 g/mol. The molecule has 1 radical (unpaired) electrons. The van der Waals surface area contributed by atoms with Crippen molar-refractivity contribution >= 4 is 6.29 Å². The quantitative estimate of drug-likeness (QED) is 0.835. The van der Waals surface area contributed by atoms with Crippen LogP contribution in [0.25, 0.3) is 0 Å². The summed E-state index contributed by atoms with van der Waals surface area (Å²) in [5.74, 6) is 0. The molecule has 81 valence electrons. The molecule has 0 aliphatic carbocycles. The molecule has 0 unspecified atom stereocenters. The zero-order chi connectivity index (χ0) is 11.5. The molecule has 0 heterocycles. The van der Waals surface area contributed by atoms with Crippen LogP contribution in [0.1, 0.15) is 11.1 Å². The first-order valence-electron chi connectivity index (χ1n) is 4.23. The minimum atomic E-state index is -4.34. The predicted octanol–water partition coefficient (Wildman–Crippen LogP) is 1.68. The Labute approximate surface area is 84.9 Å². The highest BCUT2D eigenvalue weighted by Crippen LogP contribution is 2.29. The Kier molecular flexibility index (Phi) is 3.47. The topological polar surface area (TPSA) is 43.1 Å². The predicted molar refractivity (Wildman–Crippen MR) is 48.8 cm³/mol. The normalized spacial score (nSPS) is 13.6. The van der Waals surface area contributed by atoms with Gasteiger partial charge in [-0.25, -0.2) is 0 Å². The zero-order valence-electron chi connectivity index (χ0n) is 7.71. The van der Waals surface area contributed by atoms with Gasteiger partial charge in [0.2, 0.25) is 6.29 Å². The highest BCUT2D eigenvalue weighted by Gasteiger charge is 2.29. The maximum absolute atomic E-state index is 12.2. The Morgan fingerprint density at radius 3 is 2.20 bits per heavy atom. The number of alkyl halides is 3. The SMILES string of the molecule is N[C@H]([C]=O)Cc1ccc(C(F)(F)F)cc1. The molecular formula is C10H9F3NO.